The fourth-order valence-electron chi connectivity index (χ4n) is 1.78. The SMILES string of the molecule is CCCOc1cc(NCC(C)(C)C(=O)NC)c(N)cc1F. The number of nitrogens with one attached hydrogen (secondary N) is 2. The molecule has 0 atom stereocenters. The largest absolute Gasteiger partial charge is 0.490 e. The molecular formula is C15H24FN3O2. The molecule has 1 aromatic rings. The van der Waals surface area contributed by atoms with Gasteiger partial charge in [-0.15, -0.1) is 0 Å². The molecule has 0 heterocycles. The summed E-state index contributed by atoms with van der Waals surface area (Å²) in [4.78, 5) is 11.7. The van der Waals surface area contributed by atoms with Crippen molar-refractivity contribution >= 4 is 17.3 Å². The maximum absolute atomic E-state index is 13.7. The lowest BCUT2D eigenvalue weighted by Crippen LogP contribution is -2.39. The number of rotatable bonds is 7. The molecule has 21 heavy (non-hydrogen) atoms. The van der Waals surface area contributed by atoms with E-state index in [-0.39, 0.29) is 17.3 Å². The molecular weight excluding hydrogens is 273 g/mol. The number of hydrogen-bond donors (Lipinski definition) is 3. The molecule has 4 N–H and O–H groups in total. The third-order valence-electron chi connectivity index (χ3n) is 3.13. The van der Waals surface area contributed by atoms with Crippen LogP contribution in [0.15, 0.2) is 12.1 Å². The summed E-state index contributed by atoms with van der Waals surface area (Å²) in [6.45, 7) is 6.38. The van der Waals surface area contributed by atoms with Gasteiger partial charge in [0.05, 0.1) is 23.4 Å². The van der Waals surface area contributed by atoms with Crippen molar-refractivity contribution in [3.05, 3.63) is 17.9 Å². The van der Waals surface area contributed by atoms with Crippen LogP contribution in [0.3, 0.4) is 0 Å². The molecule has 6 heteroatoms. The molecule has 1 aromatic carbocycles. The molecule has 0 aliphatic heterocycles. The van der Waals surface area contributed by atoms with Gasteiger partial charge >= 0.3 is 0 Å². The van der Waals surface area contributed by atoms with Gasteiger partial charge in [0.2, 0.25) is 5.91 Å². The second kappa shape index (κ2) is 7.15. The molecule has 0 unspecified atom stereocenters. The summed E-state index contributed by atoms with van der Waals surface area (Å²) in [5.74, 6) is -0.415. The van der Waals surface area contributed by atoms with Crippen LogP contribution in [-0.2, 0) is 4.79 Å². The first-order valence-electron chi connectivity index (χ1n) is 6.99. The Morgan fingerprint density at radius 2 is 2.10 bits per heavy atom. The summed E-state index contributed by atoms with van der Waals surface area (Å²) >= 11 is 0. The van der Waals surface area contributed by atoms with E-state index in [1.54, 1.807) is 7.05 Å². The van der Waals surface area contributed by atoms with Crippen LogP contribution in [0, 0.1) is 11.2 Å². The van der Waals surface area contributed by atoms with E-state index in [1.165, 1.54) is 12.1 Å². The Morgan fingerprint density at radius 3 is 2.67 bits per heavy atom. The molecule has 0 aliphatic rings. The Labute approximate surface area is 125 Å². The number of nitrogens with two attached hydrogens (primary N) is 1. The van der Waals surface area contributed by atoms with Gasteiger partial charge in [0.1, 0.15) is 0 Å². The molecule has 1 rings (SSSR count). The van der Waals surface area contributed by atoms with Crippen LogP contribution >= 0.6 is 0 Å². The quantitative estimate of drug-likeness (QED) is 0.675. The molecule has 0 aromatic heterocycles. The molecule has 0 aliphatic carbocycles. The number of nitrogen functional groups attached to an aromatic ring is 1. The van der Waals surface area contributed by atoms with Gasteiger partial charge in [-0.2, -0.15) is 0 Å². The number of benzene rings is 1. The smallest absolute Gasteiger partial charge is 0.227 e. The standard InChI is InChI=1S/C15H24FN3O2/c1-5-6-21-13-8-12(11(17)7-10(13)16)19-9-15(2,3)14(20)18-4/h7-8,19H,5-6,9,17H2,1-4H3,(H,18,20). The van der Waals surface area contributed by atoms with Crippen molar-refractivity contribution in [2.75, 3.05) is 31.2 Å². The van der Waals surface area contributed by atoms with Crippen molar-refractivity contribution in [2.45, 2.75) is 27.2 Å². The minimum absolute atomic E-state index is 0.0851. The average Bonchev–Trinajstić information content (AvgIpc) is 2.44. The van der Waals surface area contributed by atoms with Crippen LogP contribution in [-0.4, -0.2) is 26.1 Å². The predicted molar refractivity (Wildman–Crippen MR) is 82.9 cm³/mol. The van der Waals surface area contributed by atoms with Crippen LogP contribution < -0.4 is 21.1 Å². The summed E-state index contributed by atoms with van der Waals surface area (Å²) in [5.41, 5.74) is 6.02. The lowest BCUT2D eigenvalue weighted by molar-refractivity contribution is -0.128. The number of amides is 1. The van der Waals surface area contributed by atoms with Crippen LogP contribution in [0.2, 0.25) is 0 Å². The average molecular weight is 297 g/mol. The summed E-state index contributed by atoms with van der Waals surface area (Å²) in [7, 11) is 1.59. The molecule has 0 saturated heterocycles. The normalized spacial score (nSPS) is 11.1. The van der Waals surface area contributed by atoms with Gasteiger partial charge in [-0.1, -0.05) is 6.92 Å². The minimum atomic E-state index is -0.611. The van der Waals surface area contributed by atoms with E-state index in [0.29, 0.717) is 18.8 Å². The number of carbonyl (C=O) groups is 1. The second-order valence-electron chi connectivity index (χ2n) is 5.53. The highest BCUT2D eigenvalue weighted by molar-refractivity contribution is 5.82. The predicted octanol–water partition coefficient (Wildman–Crippen LogP) is 2.38. The number of ether oxygens (including phenoxy) is 1. The lowest BCUT2D eigenvalue weighted by Gasteiger charge is -2.24. The molecule has 0 radical (unpaired) electrons. The zero-order valence-electron chi connectivity index (χ0n) is 13.0. The molecule has 0 saturated carbocycles. The molecule has 1 amide bonds. The number of carbonyl (C=O) groups excluding carboxylic acids is 1. The molecule has 0 spiro atoms. The van der Waals surface area contributed by atoms with E-state index in [0.717, 1.165) is 6.42 Å². The van der Waals surface area contributed by atoms with E-state index < -0.39 is 11.2 Å². The first-order valence-corrected chi connectivity index (χ1v) is 6.99. The molecule has 118 valence electrons. The highest BCUT2D eigenvalue weighted by atomic mass is 19.1. The van der Waals surface area contributed by atoms with Gasteiger partial charge in [0, 0.05) is 25.7 Å². The van der Waals surface area contributed by atoms with Crippen molar-refractivity contribution < 1.29 is 13.9 Å². The van der Waals surface area contributed by atoms with Crippen LogP contribution in [0.25, 0.3) is 0 Å². The second-order valence-corrected chi connectivity index (χ2v) is 5.53. The first-order chi connectivity index (χ1) is 9.81. The van der Waals surface area contributed by atoms with Gasteiger partial charge in [-0.25, -0.2) is 4.39 Å². The fourth-order valence-corrected chi connectivity index (χ4v) is 1.78. The van der Waals surface area contributed by atoms with Crippen LogP contribution in [0.1, 0.15) is 27.2 Å². The summed E-state index contributed by atoms with van der Waals surface area (Å²) in [5, 5.41) is 5.69. The topological polar surface area (TPSA) is 76.4 Å². The lowest BCUT2D eigenvalue weighted by atomic mass is 9.92. The molecule has 5 nitrogen and oxygen atoms in total. The van der Waals surface area contributed by atoms with Crippen molar-refractivity contribution in [3.63, 3.8) is 0 Å². The number of hydrogen-bond acceptors (Lipinski definition) is 4. The maximum Gasteiger partial charge on any atom is 0.227 e. The molecule has 0 fully saturated rings. The highest BCUT2D eigenvalue weighted by Crippen LogP contribution is 2.29. The first kappa shape index (κ1) is 17.1. The molecule has 0 bridgehead atoms. The van der Waals surface area contributed by atoms with Crippen LogP contribution in [0.4, 0.5) is 15.8 Å². The van der Waals surface area contributed by atoms with Gasteiger partial charge in [0.25, 0.3) is 0 Å². The van der Waals surface area contributed by atoms with E-state index >= 15 is 0 Å². The number of halogens is 1. The van der Waals surface area contributed by atoms with Crippen molar-refractivity contribution in [1.29, 1.82) is 0 Å². The zero-order chi connectivity index (χ0) is 16.0. The Balaban J connectivity index is 2.85. The Bertz CT molecular complexity index is 504. The van der Waals surface area contributed by atoms with Crippen molar-refractivity contribution in [3.8, 4) is 5.75 Å². The van der Waals surface area contributed by atoms with Crippen LogP contribution in [0.5, 0.6) is 5.75 Å². The summed E-state index contributed by atoms with van der Waals surface area (Å²) in [6.07, 6.45) is 0.788. The van der Waals surface area contributed by atoms with E-state index in [4.69, 9.17) is 10.5 Å². The number of anilines is 2. The van der Waals surface area contributed by atoms with E-state index in [1.807, 2.05) is 20.8 Å². The van der Waals surface area contributed by atoms with E-state index in [2.05, 4.69) is 10.6 Å². The van der Waals surface area contributed by atoms with Gasteiger partial charge in [-0.3, -0.25) is 4.79 Å². The van der Waals surface area contributed by atoms with Gasteiger partial charge < -0.3 is 21.1 Å². The summed E-state index contributed by atoms with van der Waals surface area (Å²) in [6, 6.07) is 2.75. The van der Waals surface area contributed by atoms with Crippen molar-refractivity contribution in [1.82, 2.24) is 5.32 Å². The zero-order valence-corrected chi connectivity index (χ0v) is 13.0. The Morgan fingerprint density at radius 1 is 1.43 bits per heavy atom. The van der Waals surface area contributed by atoms with E-state index in [9.17, 15) is 9.18 Å². The minimum Gasteiger partial charge on any atom is -0.490 e. The fraction of sp³-hybridized carbons (Fsp3) is 0.533. The third-order valence-corrected chi connectivity index (χ3v) is 3.13. The van der Waals surface area contributed by atoms with Crippen molar-refractivity contribution in [2.24, 2.45) is 5.41 Å². The third kappa shape index (κ3) is 4.51. The highest BCUT2D eigenvalue weighted by Gasteiger charge is 2.26. The Kier molecular flexibility index (Phi) is 5.81. The van der Waals surface area contributed by atoms with Gasteiger partial charge in [0.15, 0.2) is 11.6 Å². The van der Waals surface area contributed by atoms with Gasteiger partial charge in [-0.05, 0) is 20.3 Å². The maximum atomic E-state index is 13.7. The monoisotopic (exact) mass is 297 g/mol. The Hall–Kier alpha value is -1.98. The summed E-state index contributed by atoms with van der Waals surface area (Å²) < 4.78 is 19.0.